The number of amides is 1. The Morgan fingerprint density at radius 1 is 1.04 bits per heavy atom. The molecule has 0 unspecified atom stereocenters. The van der Waals surface area contributed by atoms with Crippen LogP contribution in [0.2, 0.25) is 5.02 Å². The second-order valence-corrected chi connectivity index (χ2v) is 9.58. The van der Waals surface area contributed by atoms with Gasteiger partial charge in [-0.25, -0.2) is 0 Å². The van der Waals surface area contributed by atoms with E-state index in [1.807, 2.05) is 25.1 Å². The van der Waals surface area contributed by atoms with Crippen molar-refractivity contribution in [2.75, 3.05) is 11.9 Å². The first-order valence-corrected chi connectivity index (χ1v) is 11.9. The zero-order valence-electron chi connectivity index (χ0n) is 12.9. The van der Waals surface area contributed by atoms with E-state index in [2.05, 4.69) is 23.6 Å². The molecule has 1 rings (SSSR count). The smallest absolute Gasteiger partial charge is 0.319 e. The molecule has 0 aliphatic rings. The average Bonchev–Trinajstić information content (AvgIpc) is 2.35. The van der Waals surface area contributed by atoms with Gasteiger partial charge in [-0.3, -0.25) is 4.79 Å². The molecular formula is C13H28ClNO7P2S2. The van der Waals surface area contributed by atoms with Crippen LogP contribution in [-0.2, 0) is 28.4 Å². The molecule has 0 saturated carbocycles. The highest BCUT2D eigenvalue weighted by Crippen LogP contribution is 2.27. The first kappa shape index (κ1) is 33.6. The largest absolute Gasteiger partial charge is 0.325 e. The van der Waals surface area contributed by atoms with Crippen LogP contribution in [0.4, 0.5) is 5.69 Å². The first-order valence-electron chi connectivity index (χ1n) is 6.24. The number of halogens is 1. The highest BCUT2D eigenvalue weighted by molar-refractivity contribution is 8.06. The number of rotatable bonds is 3. The molecule has 0 saturated heterocycles. The van der Waals surface area contributed by atoms with Crippen molar-refractivity contribution in [3.8, 4) is 0 Å². The van der Waals surface area contributed by atoms with Crippen molar-refractivity contribution in [1.82, 2.24) is 0 Å². The Morgan fingerprint density at radius 3 is 1.69 bits per heavy atom. The lowest BCUT2D eigenvalue weighted by Crippen LogP contribution is -2.25. The van der Waals surface area contributed by atoms with Crippen LogP contribution in [0, 0.1) is 0 Å². The predicted octanol–water partition coefficient (Wildman–Crippen LogP) is 2.75. The number of nitrogens with zero attached hydrogens (tertiary/aromatic N) is 1. The van der Waals surface area contributed by atoms with Crippen molar-refractivity contribution < 1.29 is 34.2 Å². The van der Waals surface area contributed by atoms with Gasteiger partial charge in [-0.15, -0.1) is 0 Å². The quantitative estimate of drug-likeness (QED) is 0.367. The fourth-order valence-corrected chi connectivity index (χ4v) is 1.50. The minimum absolute atomic E-state index is 0. The number of hydrogen-bond donors (Lipinski definition) is 6. The molecule has 1 amide bonds. The van der Waals surface area contributed by atoms with Gasteiger partial charge in [0.2, 0.25) is 5.91 Å². The fraction of sp³-hybridized carbons (Fsp3) is 0.462. The third-order valence-corrected chi connectivity index (χ3v) is 2.37. The molecule has 0 fully saturated rings. The van der Waals surface area contributed by atoms with E-state index in [0.29, 0.717) is 11.4 Å². The van der Waals surface area contributed by atoms with Gasteiger partial charge < -0.3 is 34.3 Å². The molecule has 13 heteroatoms. The third kappa shape index (κ3) is 26.3. The number of anilines is 1. The number of para-hydroxylation sites is 1. The summed E-state index contributed by atoms with van der Waals surface area (Å²) < 4.78 is 0. The fourth-order valence-electron chi connectivity index (χ4n) is 1.24. The molecule has 6 N–H and O–H groups in total. The summed E-state index contributed by atoms with van der Waals surface area (Å²) in [5.41, 5.74) is 0.771. The molecular weight excluding hydrogens is 444 g/mol. The molecule has 0 atom stereocenters. The summed E-state index contributed by atoms with van der Waals surface area (Å²) in [5.74, 6) is 0.0978. The first-order chi connectivity index (χ1) is 10.7. The number of hydrogen-bond acceptors (Lipinski definition) is 3. The average molecular weight is 472 g/mol. The van der Waals surface area contributed by atoms with Gasteiger partial charge in [0.15, 0.2) is 0 Å². The summed E-state index contributed by atoms with van der Waals surface area (Å²) in [7, 11) is 1.75. The van der Waals surface area contributed by atoms with Crippen molar-refractivity contribution in [3.05, 3.63) is 29.3 Å². The molecule has 1 aromatic carbocycles. The van der Waals surface area contributed by atoms with E-state index in [0.717, 1.165) is 12.1 Å². The number of benzene rings is 1. The van der Waals surface area contributed by atoms with Crippen LogP contribution in [0.25, 0.3) is 0 Å². The van der Waals surface area contributed by atoms with Gasteiger partial charge in [-0.2, -0.15) is 0 Å². The summed E-state index contributed by atoms with van der Waals surface area (Å²) in [6.45, 7) is -5.63. The van der Waals surface area contributed by atoms with Crippen molar-refractivity contribution in [1.29, 1.82) is 0 Å². The summed E-state index contributed by atoms with van der Waals surface area (Å²) in [4.78, 5) is 58.5. The van der Waals surface area contributed by atoms with Crippen LogP contribution in [0.5, 0.6) is 0 Å². The molecule has 0 aromatic heterocycles. The Bertz CT molecular complexity index is 573. The van der Waals surface area contributed by atoms with Gasteiger partial charge in [-0.05, 0) is 42.2 Å². The van der Waals surface area contributed by atoms with Crippen molar-refractivity contribution in [2.24, 2.45) is 0 Å². The van der Waals surface area contributed by atoms with E-state index in [1.54, 1.807) is 18.0 Å². The van der Waals surface area contributed by atoms with Crippen LogP contribution in [0.1, 0.15) is 34.6 Å². The van der Waals surface area contributed by atoms with Crippen LogP contribution in [0.15, 0.2) is 24.3 Å². The Labute approximate surface area is 170 Å². The standard InChI is InChI=1S/C11H14ClNO.2CH4.2H3O3PS/c1-3-6-11(14)13(2)10-8-5-4-7-9(10)12;;;2*1-4(2,3)5/h4-5,7-8H,3,6H2,1-2H3;2*1H4;2*(H3,1,2,3,5). The summed E-state index contributed by atoms with van der Waals surface area (Å²) in [6, 6.07) is 7.35. The Balaban J connectivity index is -0.000000170. The highest BCUT2D eigenvalue weighted by atomic mass is 35.5. The van der Waals surface area contributed by atoms with Crippen LogP contribution >= 0.6 is 25.0 Å². The molecule has 0 spiro atoms. The van der Waals surface area contributed by atoms with E-state index >= 15 is 0 Å². The Hall–Kier alpha value is 0.0400. The molecule has 0 aliphatic carbocycles. The van der Waals surface area contributed by atoms with Gasteiger partial charge in [0.05, 0.1) is 10.7 Å². The minimum atomic E-state index is -3.81. The maximum Gasteiger partial charge on any atom is 0.319 e. The second-order valence-electron chi connectivity index (χ2n) is 4.18. The van der Waals surface area contributed by atoms with Gasteiger partial charge in [0.1, 0.15) is 0 Å². The van der Waals surface area contributed by atoms with Gasteiger partial charge in [0.25, 0.3) is 0 Å². The maximum absolute atomic E-state index is 11.6. The van der Waals surface area contributed by atoms with Crippen LogP contribution in [0.3, 0.4) is 0 Å². The van der Waals surface area contributed by atoms with Crippen molar-refractivity contribution in [3.63, 3.8) is 0 Å². The Kier molecular flexibility index (Phi) is 20.7. The van der Waals surface area contributed by atoms with Gasteiger partial charge in [-0.1, -0.05) is 45.5 Å². The monoisotopic (exact) mass is 471 g/mol. The SMILES string of the molecule is C.C.CCCC(=O)N(C)c1ccccc1Cl.OP(O)(O)=S.OP(O)(O)=S. The maximum atomic E-state index is 11.6. The van der Waals surface area contributed by atoms with Crippen LogP contribution < -0.4 is 4.90 Å². The van der Waals surface area contributed by atoms with E-state index in [1.165, 1.54) is 0 Å². The zero-order valence-corrected chi connectivity index (χ0v) is 17.0. The number of carbonyl (C=O) groups is 1. The molecule has 0 heterocycles. The lowest BCUT2D eigenvalue weighted by molar-refractivity contribution is -0.118. The van der Waals surface area contributed by atoms with Crippen molar-refractivity contribution in [2.45, 2.75) is 34.6 Å². The molecule has 0 aliphatic heterocycles. The second kappa shape index (κ2) is 16.0. The number of carbonyl (C=O) groups excluding carboxylic acids is 1. The van der Waals surface area contributed by atoms with Crippen molar-refractivity contribution >= 4 is 60.2 Å². The summed E-state index contributed by atoms with van der Waals surface area (Å²) >= 11 is 13.2. The van der Waals surface area contributed by atoms with E-state index in [-0.39, 0.29) is 20.8 Å². The lowest BCUT2D eigenvalue weighted by atomic mass is 10.2. The Morgan fingerprint density at radius 2 is 1.38 bits per heavy atom. The minimum Gasteiger partial charge on any atom is -0.325 e. The topological polar surface area (TPSA) is 142 Å². The van der Waals surface area contributed by atoms with E-state index < -0.39 is 13.4 Å². The zero-order chi connectivity index (χ0) is 19.6. The normalized spacial score (nSPS) is 9.88. The highest BCUT2D eigenvalue weighted by Gasteiger charge is 2.11. The molecule has 0 bridgehead atoms. The van der Waals surface area contributed by atoms with E-state index in [4.69, 9.17) is 41.0 Å². The summed E-state index contributed by atoms with van der Waals surface area (Å²) in [5, 5.41) is 0.611. The molecule has 156 valence electrons. The molecule has 8 nitrogen and oxygen atoms in total. The van der Waals surface area contributed by atoms with Crippen LogP contribution in [-0.4, -0.2) is 42.3 Å². The summed E-state index contributed by atoms with van der Waals surface area (Å²) in [6.07, 6.45) is 1.41. The van der Waals surface area contributed by atoms with E-state index in [9.17, 15) is 4.79 Å². The van der Waals surface area contributed by atoms with Gasteiger partial charge >= 0.3 is 13.4 Å². The third-order valence-electron chi connectivity index (χ3n) is 2.05. The molecule has 0 radical (unpaired) electrons. The molecule has 1 aromatic rings. The lowest BCUT2D eigenvalue weighted by Gasteiger charge is -2.18. The van der Waals surface area contributed by atoms with Gasteiger partial charge in [0, 0.05) is 13.5 Å². The molecule has 26 heavy (non-hydrogen) atoms. The predicted molar refractivity (Wildman–Crippen MR) is 115 cm³/mol.